The maximum absolute atomic E-state index is 11.5. The highest BCUT2D eigenvalue weighted by Crippen LogP contribution is 2.23. The molecule has 2 unspecified atom stereocenters. The summed E-state index contributed by atoms with van der Waals surface area (Å²) in [5, 5.41) is 11.7. The zero-order chi connectivity index (χ0) is 12.1. The number of hydrogen-bond acceptors (Lipinski definition) is 3. The molecule has 0 radical (unpaired) electrons. The van der Waals surface area contributed by atoms with Crippen molar-refractivity contribution in [1.82, 2.24) is 10.2 Å². The molecule has 2 N–H and O–H groups in total. The lowest BCUT2D eigenvalue weighted by atomic mass is 10.0. The van der Waals surface area contributed by atoms with Gasteiger partial charge in [-0.25, -0.2) is 0 Å². The number of likely N-dealkylation sites (tertiary alicyclic amines) is 1. The van der Waals surface area contributed by atoms with Crippen LogP contribution in [0.25, 0.3) is 0 Å². The first-order valence-corrected chi connectivity index (χ1v) is 5.79. The van der Waals surface area contributed by atoms with Gasteiger partial charge in [0.2, 0.25) is 5.91 Å². The maximum atomic E-state index is 11.5. The molecule has 1 aliphatic rings. The minimum atomic E-state index is -0.760. The van der Waals surface area contributed by atoms with Crippen molar-refractivity contribution in [2.24, 2.45) is 5.92 Å². The fourth-order valence-electron chi connectivity index (χ4n) is 2.06. The first-order valence-electron chi connectivity index (χ1n) is 5.79. The number of hydrogen-bond donors (Lipinski definition) is 2. The van der Waals surface area contributed by atoms with Gasteiger partial charge in [0.25, 0.3) is 0 Å². The summed E-state index contributed by atoms with van der Waals surface area (Å²) in [4.78, 5) is 24.3. The fourth-order valence-corrected chi connectivity index (χ4v) is 2.06. The molecule has 0 aromatic heterocycles. The molecule has 0 spiro atoms. The quantitative estimate of drug-likeness (QED) is 0.710. The summed E-state index contributed by atoms with van der Waals surface area (Å²) < 4.78 is 0. The van der Waals surface area contributed by atoms with Crippen LogP contribution in [0.2, 0.25) is 0 Å². The highest BCUT2D eigenvalue weighted by Gasteiger charge is 2.36. The van der Waals surface area contributed by atoms with Gasteiger partial charge in [-0.1, -0.05) is 6.92 Å². The van der Waals surface area contributed by atoms with E-state index < -0.39 is 5.97 Å². The summed E-state index contributed by atoms with van der Waals surface area (Å²) in [5.74, 6) is -1.11. The predicted octanol–water partition coefficient (Wildman–Crippen LogP) is 0.308. The lowest BCUT2D eigenvalue weighted by Gasteiger charge is -2.22. The van der Waals surface area contributed by atoms with Gasteiger partial charge < -0.3 is 10.4 Å². The molecule has 1 aliphatic heterocycles. The second-order valence-electron chi connectivity index (χ2n) is 4.29. The van der Waals surface area contributed by atoms with Crippen LogP contribution in [0.1, 0.15) is 26.7 Å². The summed E-state index contributed by atoms with van der Waals surface area (Å²) in [6.45, 7) is 5.56. The minimum Gasteiger partial charge on any atom is -0.481 e. The molecule has 1 amide bonds. The molecule has 0 aliphatic carbocycles. The smallest absolute Gasteiger partial charge is 0.308 e. The predicted molar refractivity (Wildman–Crippen MR) is 60.1 cm³/mol. The van der Waals surface area contributed by atoms with Crippen molar-refractivity contribution in [2.75, 3.05) is 19.6 Å². The van der Waals surface area contributed by atoms with Crippen molar-refractivity contribution in [3.63, 3.8) is 0 Å². The lowest BCUT2D eigenvalue weighted by molar-refractivity contribution is -0.142. The fraction of sp³-hybridized carbons (Fsp3) is 0.818. The number of nitrogens with one attached hydrogen (secondary N) is 1. The second kappa shape index (κ2) is 5.84. The summed E-state index contributed by atoms with van der Waals surface area (Å²) in [6.07, 6.45) is 1.55. The molecule has 0 saturated carbocycles. The van der Waals surface area contributed by atoms with Crippen molar-refractivity contribution in [2.45, 2.75) is 32.7 Å². The average Bonchev–Trinajstić information content (AvgIpc) is 2.57. The molecule has 0 aromatic carbocycles. The van der Waals surface area contributed by atoms with E-state index in [2.05, 4.69) is 5.32 Å². The molecule has 92 valence electrons. The Morgan fingerprint density at radius 3 is 2.69 bits per heavy atom. The highest BCUT2D eigenvalue weighted by molar-refractivity contribution is 5.78. The van der Waals surface area contributed by atoms with Crippen LogP contribution in [0.15, 0.2) is 0 Å². The molecule has 16 heavy (non-hydrogen) atoms. The van der Waals surface area contributed by atoms with Crippen LogP contribution in [0.4, 0.5) is 0 Å². The molecule has 1 heterocycles. The van der Waals surface area contributed by atoms with Crippen LogP contribution in [-0.2, 0) is 9.59 Å². The summed E-state index contributed by atoms with van der Waals surface area (Å²) in [6, 6.07) is -0.0510. The van der Waals surface area contributed by atoms with Crippen molar-refractivity contribution >= 4 is 11.9 Å². The number of aliphatic carboxylic acids is 1. The Morgan fingerprint density at radius 2 is 2.19 bits per heavy atom. The maximum Gasteiger partial charge on any atom is 0.308 e. The highest BCUT2D eigenvalue weighted by atomic mass is 16.4. The van der Waals surface area contributed by atoms with Crippen LogP contribution in [0.5, 0.6) is 0 Å². The van der Waals surface area contributed by atoms with E-state index in [1.807, 2.05) is 18.7 Å². The van der Waals surface area contributed by atoms with E-state index in [9.17, 15) is 9.59 Å². The molecule has 5 nitrogen and oxygen atoms in total. The standard InChI is InChI=1S/C11H20N2O3/c1-3-5-12-10(14)7-13-6-4-9(8(13)2)11(15)16/h8-9H,3-7H2,1-2H3,(H,12,14)(H,15,16). The molecule has 1 fully saturated rings. The SMILES string of the molecule is CCCNC(=O)CN1CCC(C(=O)O)C1C. The zero-order valence-corrected chi connectivity index (χ0v) is 9.90. The van der Waals surface area contributed by atoms with E-state index in [1.54, 1.807) is 0 Å². The lowest BCUT2D eigenvalue weighted by Crippen LogP contribution is -2.41. The third-order valence-corrected chi connectivity index (χ3v) is 3.12. The number of rotatable bonds is 5. The zero-order valence-electron chi connectivity index (χ0n) is 9.90. The first-order chi connectivity index (χ1) is 7.56. The van der Waals surface area contributed by atoms with Gasteiger partial charge in [-0.15, -0.1) is 0 Å². The van der Waals surface area contributed by atoms with Crippen molar-refractivity contribution in [3.05, 3.63) is 0 Å². The molecule has 2 atom stereocenters. The van der Waals surface area contributed by atoms with Crippen LogP contribution in [-0.4, -0.2) is 47.6 Å². The number of carbonyl (C=O) groups excluding carboxylic acids is 1. The van der Waals surface area contributed by atoms with E-state index in [0.717, 1.165) is 6.42 Å². The molecule has 5 heteroatoms. The Labute approximate surface area is 95.8 Å². The number of carbonyl (C=O) groups is 2. The van der Waals surface area contributed by atoms with Gasteiger partial charge in [0.1, 0.15) is 0 Å². The summed E-state index contributed by atoms with van der Waals surface area (Å²) >= 11 is 0. The third kappa shape index (κ3) is 3.20. The number of amides is 1. The molecule has 0 aromatic rings. The summed E-state index contributed by atoms with van der Waals surface area (Å²) in [7, 11) is 0. The first kappa shape index (κ1) is 13.0. The monoisotopic (exact) mass is 228 g/mol. The van der Waals surface area contributed by atoms with Crippen molar-refractivity contribution in [1.29, 1.82) is 0 Å². The van der Waals surface area contributed by atoms with Crippen LogP contribution in [0.3, 0.4) is 0 Å². The number of carboxylic acid groups (broad SMARTS) is 1. The van der Waals surface area contributed by atoms with Gasteiger partial charge in [-0.3, -0.25) is 14.5 Å². The van der Waals surface area contributed by atoms with E-state index in [4.69, 9.17) is 5.11 Å². The van der Waals surface area contributed by atoms with Crippen LogP contribution in [0, 0.1) is 5.92 Å². The Balaban J connectivity index is 2.39. The van der Waals surface area contributed by atoms with Gasteiger partial charge in [-0.2, -0.15) is 0 Å². The van der Waals surface area contributed by atoms with Gasteiger partial charge in [-0.05, 0) is 26.3 Å². The Bertz CT molecular complexity index is 268. The topological polar surface area (TPSA) is 69.6 Å². The van der Waals surface area contributed by atoms with E-state index in [1.165, 1.54) is 0 Å². The van der Waals surface area contributed by atoms with Crippen molar-refractivity contribution < 1.29 is 14.7 Å². The molecular weight excluding hydrogens is 208 g/mol. The third-order valence-electron chi connectivity index (χ3n) is 3.12. The minimum absolute atomic E-state index is 0.0141. The molecule has 0 bridgehead atoms. The number of nitrogens with zero attached hydrogens (tertiary/aromatic N) is 1. The Morgan fingerprint density at radius 1 is 1.50 bits per heavy atom. The average molecular weight is 228 g/mol. The van der Waals surface area contributed by atoms with Crippen LogP contribution >= 0.6 is 0 Å². The normalized spacial score (nSPS) is 25.6. The van der Waals surface area contributed by atoms with E-state index >= 15 is 0 Å². The van der Waals surface area contributed by atoms with E-state index in [0.29, 0.717) is 26.1 Å². The Kier molecular flexibility index (Phi) is 4.73. The second-order valence-corrected chi connectivity index (χ2v) is 4.29. The molecular formula is C11H20N2O3. The molecule has 1 rings (SSSR count). The van der Waals surface area contributed by atoms with Crippen molar-refractivity contribution in [3.8, 4) is 0 Å². The van der Waals surface area contributed by atoms with Gasteiger partial charge >= 0.3 is 5.97 Å². The van der Waals surface area contributed by atoms with E-state index in [-0.39, 0.29) is 17.9 Å². The van der Waals surface area contributed by atoms with Gasteiger partial charge in [0.05, 0.1) is 12.5 Å². The van der Waals surface area contributed by atoms with Gasteiger partial charge in [0.15, 0.2) is 0 Å². The summed E-state index contributed by atoms with van der Waals surface area (Å²) in [5.41, 5.74) is 0. The van der Waals surface area contributed by atoms with Gasteiger partial charge in [0, 0.05) is 12.6 Å². The molecule has 1 saturated heterocycles. The number of carboxylic acids is 1. The largest absolute Gasteiger partial charge is 0.481 e. The Hall–Kier alpha value is -1.10. The van der Waals surface area contributed by atoms with Crippen LogP contribution < -0.4 is 5.32 Å².